The largest absolute Gasteiger partial charge is 0.462 e. The Morgan fingerprint density at radius 1 is 0.446 bits per heavy atom. The molecule has 1 aliphatic rings. The van der Waals surface area contributed by atoms with Gasteiger partial charge < -0.3 is 28.6 Å². The second-order valence-corrected chi connectivity index (χ2v) is 19.6. The molecule has 1 unspecified atom stereocenters. The van der Waals surface area contributed by atoms with E-state index in [9.17, 15) is 19.2 Å². The van der Waals surface area contributed by atoms with Gasteiger partial charge in [-0.15, -0.1) is 0 Å². The minimum Gasteiger partial charge on any atom is -0.462 e. The molecule has 1 rings (SSSR count). The van der Waals surface area contributed by atoms with Crippen LogP contribution in [-0.4, -0.2) is 87.0 Å². The van der Waals surface area contributed by atoms with Crippen molar-refractivity contribution in [1.82, 2.24) is 4.90 Å². The lowest BCUT2D eigenvalue weighted by Gasteiger charge is -2.28. The fourth-order valence-corrected chi connectivity index (χ4v) is 8.78. The molecule has 1 saturated heterocycles. The zero-order valence-corrected chi connectivity index (χ0v) is 43.1. The molecule has 1 heterocycles. The van der Waals surface area contributed by atoms with E-state index >= 15 is 0 Å². The lowest BCUT2D eigenvalue weighted by molar-refractivity contribution is -0.179. The van der Waals surface area contributed by atoms with Gasteiger partial charge in [0.1, 0.15) is 12.7 Å². The van der Waals surface area contributed by atoms with Gasteiger partial charge in [-0.1, -0.05) is 213 Å². The zero-order chi connectivity index (χ0) is 47.4. The fraction of sp³-hybridized carbons (Fsp3) is 0.927. The van der Waals surface area contributed by atoms with Gasteiger partial charge in [0, 0.05) is 25.7 Å². The standard InChI is InChI=1S/C55H103NO9/c1-6-9-12-15-18-21-24-27-30-33-36-42-51(58)63-48(46-61-50(57)41-39-40-45-56(4)5)54-55(65-53(60)44-38-35-32-29-26-23-20-17-14-11-8-3)49(47-62-54)64-52(59)43-37-34-31-28-25-22-19-16-13-10-7-2/h48-49,54-55H,6-47H2,1-5H3/t48-,49+,54?,55-/m1/s1. The highest BCUT2D eigenvalue weighted by Crippen LogP contribution is 2.28. The number of rotatable bonds is 47. The van der Waals surface area contributed by atoms with Crippen LogP contribution in [-0.2, 0) is 42.9 Å². The van der Waals surface area contributed by atoms with Crippen LogP contribution >= 0.6 is 0 Å². The molecule has 0 aromatic rings. The number of hydrogen-bond donors (Lipinski definition) is 0. The van der Waals surface area contributed by atoms with Crippen LogP contribution in [0.1, 0.15) is 271 Å². The van der Waals surface area contributed by atoms with Crippen LogP contribution < -0.4 is 0 Å². The highest BCUT2D eigenvalue weighted by molar-refractivity contribution is 5.71. The zero-order valence-electron chi connectivity index (χ0n) is 43.1. The van der Waals surface area contributed by atoms with Crippen molar-refractivity contribution in [2.75, 3.05) is 33.9 Å². The number of nitrogens with zero attached hydrogens (tertiary/aromatic N) is 1. The summed E-state index contributed by atoms with van der Waals surface area (Å²) in [6, 6.07) is 0. The normalized spacial score (nSPS) is 16.5. The van der Waals surface area contributed by atoms with Crippen molar-refractivity contribution in [3.05, 3.63) is 0 Å². The maximum absolute atomic E-state index is 13.4. The summed E-state index contributed by atoms with van der Waals surface area (Å²) in [5.74, 6) is -1.53. The van der Waals surface area contributed by atoms with Crippen molar-refractivity contribution in [3.63, 3.8) is 0 Å². The highest BCUT2D eigenvalue weighted by Gasteiger charge is 2.48. The van der Waals surface area contributed by atoms with Gasteiger partial charge in [-0.05, 0) is 52.7 Å². The smallest absolute Gasteiger partial charge is 0.306 e. The molecule has 0 aromatic carbocycles. The van der Waals surface area contributed by atoms with Gasteiger partial charge in [0.05, 0.1) is 6.61 Å². The summed E-state index contributed by atoms with van der Waals surface area (Å²) in [5, 5.41) is 0. The number of unbranched alkanes of at least 4 members (excludes halogenated alkanes) is 31. The van der Waals surface area contributed by atoms with Gasteiger partial charge in [-0.3, -0.25) is 19.2 Å². The Labute approximate surface area is 399 Å². The van der Waals surface area contributed by atoms with Crippen LogP contribution in [0.15, 0.2) is 0 Å². The second-order valence-electron chi connectivity index (χ2n) is 19.6. The van der Waals surface area contributed by atoms with Gasteiger partial charge in [-0.2, -0.15) is 0 Å². The Morgan fingerprint density at radius 3 is 1.18 bits per heavy atom. The molecule has 4 atom stereocenters. The molecule has 0 saturated carbocycles. The Morgan fingerprint density at radius 2 is 0.785 bits per heavy atom. The van der Waals surface area contributed by atoms with Gasteiger partial charge >= 0.3 is 23.9 Å². The minimum absolute atomic E-state index is 0.00378. The molecule has 0 aliphatic carbocycles. The monoisotopic (exact) mass is 922 g/mol. The molecule has 10 nitrogen and oxygen atoms in total. The fourth-order valence-electron chi connectivity index (χ4n) is 8.78. The van der Waals surface area contributed by atoms with Crippen molar-refractivity contribution in [3.8, 4) is 0 Å². The van der Waals surface area contributed by atoms with E-state index < -0.39 is 36.4 Å². The number of esters is 4. The third kappa shape index (κ3) is 36.5. The van der Waals surface area contributed by atoms with Gasteiger partial charge in [0.15, 0.2) is 18.3 Å². The van der Waals surface area contributed by atoms with Crippen LogP contribution in [0.4, 0.5) is 0 Å². The average molecular weight is 922 g/mol. The molecule has 0 radical (unpaired) electrons. The first-order chi connectivity index (χ1) is 31.7. The van der Waals surface area contributed by atoms with Crippen molar-refractivity contribution in [1.29, 1.82) is 0 Å². The third-order valence-electron chi connectivity index (χ3n) is 12.9. The second kappa shape index (κ2) is 44.3. The summed E-state index contributed by atoms with van der Waals surface area (Å²) in [6.07, 6.45) is 37.6. The van der Waals surface area contributed by atoms with E-state index in [0.29, 0.717) is 19.3 Å². The molecule has 10 heteroatoms. The van der Waals surface area contributed by atoms with Gasteiger partial charge in [0.2, 0.25) is 0 Å². The van der Waals surface area contributed by atoms with E-state index in [2.05, 4.69) is 25.7 Å². The van der Waals surface area contributed by atoms with E-state index in [-0.39, 0.29) is 50.8 Å². The quantitative estimate of drug-likeness (QED) is 0.0332. The maximum atomic E-state index is 13.4. The topological polar surface area (TPSA) is 118 Å². The molecule has 1 aliphatic heterocycles. The molecular weight excluding hydrogens is 819 g/mol. The van der Waals surface area contributed by atoms with Crippen molar-refractivity contribution < 1.29 is 42.9 Å². The third-order valence-corrected chi connectivity index (χ3v) is 12.9. The van der Waals surface area contributed by atoms with Crippen molar-refractivity contribution in [2.24, 2.45) is 0 Å². The van der Waals surface area contributed by atoms with Crippen LogP contribution in [0.2, 0.25) is 0 Å². The van der Waals surface area contributed by atoms with Crippen LogP contribution in [0.5, 0.6) is 0 Å². The minimum atomic E-state index is -1.02. The van der Waals surface area contributed by atoms with Crippen LogP contribution in [0, 0.1) is 0 Å². The van der Waals surface area contributed by atoms with E-state index in [1.165, 1.54) is 148 Å². The first-order valence-electron chi connectivity index (χ1n) is 27.7. The number of hydrogen-bond acceptors (Lipinski definition) is 10. The summed E-state index contributed by atoms with van der Waals surface area (Å²) in [7, 11) is 4.00. The molecule has 0 amide bonds. The highest BCUT2D eigenvalue weighted by atomic mass is 16.7. The van der Waals surface area contributed by atoms with Crippen LogP contribution in [0.3, 0.4) is 0 Å². The summed E-state index contributed by atoms with van der Waals surface area (Å²) in [4.78, 5) is 55.0. The summed E-state index contributed by atoms with van der Waals surface area (Å²) in [5.41, 5.74) is 0. The summed E-state index contributed by atoms with van der Waals surface area (Å²) in [6.45, 7) is 7.37. The molecule has 0 aromatic heterocycles. The molecule has 0 spiro atoms. The van der Waals surface area contributed by atoms with E-state index in [1.807, 2.05) is 14.1 Å². The average Bonchev–Trinajstić information content (AvgIpc) is 3.67. The maximum Gasteiger partial charge on any atom is 0.306 e. The van der Waals surface area contributed by atoms with E-state index in [0.717, 1.165) is 64.3 Å². The summed E-state index contributed by atoms with van der Waals surface area (Å²) < 4.78 is 30.0. The van der Waals surface area contributed by atoms with Crippen molar-refractivity contribution >= 4 is 23.9 Å². The van der Waals surface area contributed by atoms with E-state index in [4.69, 9.17) is 23.7 Å². The summed E-state index contributed by atoms with van der Waals surface area (Å²) >= 11 is 0. The SMILES string of the molecule is CCCCCCCCCCCCCC(=O)O[C@H]1COC([C@@H](COC(=O)CCCCN(C)C)OC(=O)CCCCCCCCCCCCC)[C@@H]1OC(=O)CCCCCCCCCCCCC. The number of carbonyl (C=O) groups excluding carboxylic acids is 4. The lowest BCUT2D eigenvalue weighted by atomic mass is 10.0. The predicted octanol–water partition coefficient (Wildman–Crippen LogP) is 14.5. The predicted molar refractivity (Wildman–Crippen MR) is 266 cm³/mol. The Hall–Kier alpha value is -2.20. The van der Waals surface area contributed by atoms with Gasteiger partial charge in [-0.25, -0.2) is 0 Å². The molecular formula is C55H103NO9. The molecule has 0 N–H and O–H groups in total. The molecule has 0 bridgehead atoms. The molecule has 65 heavy (non-hydrogen) atoms. The van der Waals surface area contributed by atoms with Crippen LogP contribution in [0.25, 0.3) is 0 Å². The number of carbonyl (C=O) groups is 4. The van der Waals surface area contributed by atoms with Crippen molar-refractivity contribution in [2.45, 2.75) is 296 Å². The Balaban J connectivity index is 2.88. The van der Waals surface area contributed by atoms with Gasteiger partial charge in [0.25, 0.3) is 0 Å². The van der Waals surface area contributed by atoms with E-state index in [1.54, 1.807) is 0 Å². The molecule has 382 valence electrons. The number of ether oxygens (including phenoxy) is 5. The Bertz CT molecular complexity index is 1130. The first kappa shape index (κ1) is 60.8. The lowest BCUT2D eigenvalue weighted by Crippen LogP contribution is -2.47. The molecule has 1 fully saturated rings. The Kier molecular flexibility index (Phi) is 41.5. The first-order valence-corrected chi connectivity index (χ1v) is 27.7.